The summed E-state index contributed by atoms with van der Waals surface area (Å²) in [5, 5.41) is 9.17. The molecule has 0 saturated carbocycles. The molecule has 2 fully saturated rings. The molecule has 6 nitrogen and oxygen atoms in total. The third kappa shape index (κ3) is 4.41. The van der Waals surface area contributed by atoms with Crippen LogP contribution >= 0.6 is 0 Å². The van der Waals surface area contributed by atoms with Gasteiger partial charge in [-0.1, -0.05) is 30.3 Å². The fourth-order valence-electron chi connectivity index (χ4n) is 4.86. The first-order valence-electron chi connectivity index (χ1n) is 10.7. The Kier molecular flexibility index (Phi) is 6.22. The van der Waals surface area contributed by atoms with E-state index in [0.29, 0.717) is 29.7 Å². The van der Waals surface area contributed by atoms with Crippen LogP contribution in [0.1, 0.15) is 53.6 Å². The van der Waals surface area contributed by atoms with Crippen molar-refractivity contribution in [2.75, 3.05) is 7.11 Å². The van der Waals surface area contributed by atoms with Crippen LogP contribution in [0, 0.1) is 17.2 Å². The van der Waals surface area contributed by atoms with Gasteiger partial charge in [-0.25, -0.2) is 4.79 Å². The summed E-state index contributed by atoms with van der Waals surface area (Å²) in [6, 6.07) is 16.7. The van der Waals surface area contributed by atoms with E-state index in [4.69, 9.17) is 9.47 Å². The molecule has 0 aromatic heterocycles. The van der Waals surface area contributed by atoms with Crippen LogP contribution in [0.4, 0.5) is 4.79 Å². The van der Waals surface area contributed by atoms with Gasteiger partial charge in [0.2, 0.25) is 0 Å². The van der Waals surface area contributed by atoms with Crippen LogP contribution in [0.15, 0.2) is 48.5 Å². The normalized spacial score (nSPS) is 22.3. The molecule has 2 bridgehead atoms. The Morgan fingerprint density at radius 1 is 1.10 bits per heavy atom. The highest BCUT2D eigenvalue weighted by Crippen LogP contribution is 2.39. The number of amides is 1. The molecular weight excluding hydrogens is 392 g/mol. The second-order valence-electron chi connectivity index (χ2n) is 8.25. The van der Waals surface area contributed by atoms with E-state index in [1.54, 1.807) is 18.2 Å². The molecule has 4 rings (SSSR count). The topological polar surface area (TPSA) is 79.6 Å². The van der Waals surface area contributed by atoms with E-state index in [1.165, 1.54) is 7.11 Å². The molecular formula is C25H26N2O4. The highest BCUT2D eigenvalue weighted by Gasteiger charge is 2.43. The van der Waals surface area contributed by atoms with E-state index in [-0.39, 0.29) is 36.5 Å². The Balaban J connectivity index is 1.45. The molecule has 31 heavy (non-hydrogen) atoms. The Morgan fingerprint density at radius 2 is 1.81 bits per heavy atom. The Morgan fingerprint density at radius 3 is 2.45 bits per heavy atom. The number of benzene rings is 2. The van der Waals surface area contributed by atoms with Gasteiger partial charge in [-0.2, -0.15) is 5.26 Å². The summed E-state index contributed by atoms with van der Waals surface area (Å²) in [6.45, 7) is 0.253. The van der Waals surface area contributed by atoms with E-state index in [2.05, 4.69) is 6.07 Å². The van der Waals surface area contributed by atoms with Crippen molar-refractivity contribution in [3.05, 3.63) is 65.2 Å². The summed E-state index contributed by atoms with van der Waals surface area (Å²) in [6.07, 6.45) is 3.82. The number of ether oxygens (including phenoxy) is 2. The maximum Gasteiger partial charge on any atom is 0.410 e. The average molecular weight is 418 g/mol. The van der Waals surface area contributed by atoms with Crippen molar-refractivity contribution in [3.8, 4) is 11.8 Å². The zero-order valence-electron chi connectivity index (χ0n) is 17.6. The van der Waals surface area contributed by atoms with E-state index in [1.807, 2.05) is 35.2 Å². The van der Waals surface area contributed by atoms with Gasteiger partial charge in [-0.15, -0.1) is 0 Å². The van der Waals surface area contributed by atoms with Crippen LogP contribution in [0.3, 0.4) is 0 Å². The summed E-state index contributed by atoms with van der Waals surface area (Å²) in [5.74, 6) is 0.318. The van der Waals surface area contributed by atoms with Gasteiger partial charge in [0.25, 0.3) is 0 Å². The molecule has 2 aromatic rings. The second kappa shape index (κ2) is 9.22. The second-order valence-corrected chi connectivity index (χ2v) is 8.25. The first-order valence-corrected chi connectivity index (χ1v) is 10.7. The SMILES string of the molecule is COc1cc(C(=O)C2CC3CCCC(C2)N3C(=O)OCc2ccccc2)ccc1C#N. The smallest absolute Gasteiger partial charge is 0.410 e. The minimum absolute atomic E-state index is 0.0185. The first-order chi connectivity index (χ1) is 15.1. The van der Waals surface area contributed by atoms with Crippen LogP contribution in [-0.4, -0.2) is 36.0 Å². The molecule has 0 radical (unpaired) electrons. The molecule has 2 aromatic carbocycles. The molecule has 0 aliphatic carbocycles. The van der Waals surface area contributed by atoms with Gasteiger partial charge in [0.05, 0.1) is 12.7 Å². The van der Waals surface area contributed by atoms with Gasteiger partial charge in [0.1, 0.15) is 18.4 Å². The molecule has 2 aliphatic heterocycles. The lowest BCUT2D eigenvalue weighted by Gasteiger charge is -2.47. The number of hydrogen-bond donors (Lipinski definition) is 0. The predicted octanol–water partition coefficient (Wildman–Crippen LogP) is 4.72. The van der Waals surface area contributed by atoms with Crippen LogP contribution in [-0.2, 0) is 11.3 Å². The lowest BCUT2D eigenvalue weighted by molar-refractivity contribution is 0.00472. The molecule has 2 heterocycles. The van der Waals surface area contributed by atoms with Crippen LogP contribution in [0.25, 0.3) is 0 Å². The largest absolute Gasteiger partial charge is 0.495 e. The van der Waals surface area contributed by atoms with E-state index >= 15 is 0 Å². The highest BCUT2D eigenvalue weighted by molar-refractivity contribution is 5.98. The van der Waals surface area contributed by atoms with Crippen molar-refractivity contribution >= 4 is 11.9 Å². The number of hydrogen-bond acceptors (Lipinski definition) is 5. The summed E-state index contributed by atoms with van der Waals surface area (Å²) < 4.78 is 10.9. The molecule has 2 unspecified atom stereocenters. The van der Waals surface area contributed by atoms with Crippen LogP contribution in [0.2, 0.25) is 0 Å². The molecule has 0 spiro atoms. The zero-order chi connectivity index (χ0) is 21.8. The summed E-state index contributed by atoms with van der Waals surface area (Å²) in [7, 11) is 1.49. The fourth-order valence-corrected chi connectivity index (χ4v) is 4.86. The minimum Gasteiger partial charge on any atom is -0.495 e. The third-order valence-corrected chi connectivity index (χ3v) is 6.37. The van der Waals surface area contributed by atoms with Gasteiger partial charge in [0, 0.05) is 23.6 Å². The minimum atomic E-state index is -0.288. The zero-order valence-corrected chi connectivity index (χ0v) is 17.6. The fraction of sp³-hybridized carbons (Fsp3) is 0.400. The average Bonchev–Trinajstić information content (AvgIpc) is 2.81. The number of rotatable bonds is 5. The molecule has 2 saturated heterocycles. The number of carbonyl (C=O) groups is 2. The predicted molar refractivity (Wildman–Crippen MR) is 115 cm³/mol. The summed E-state index contributed by atoms with van der Waals surface area (Å²) in [4.78, 5) is 27.9. The van der Waals surface area contributed by atoms with Gasteiger partial charge >= 0.3 is 6.09 Å². The third-order valence-electron chi connectivity index (χ3n) is 6.37. The molecule has 2 atom stereocenters. The number of piperidine rings is 2. The number of Topliss-reactive ketones (excluding diaryl/α,β-unsaturated/α-hetero) is 1. The van der Waals surface area contributed by atoms with Gasteiger partial charge in [-0.3, -0.25) is 4.79 Å². The first kappa shape index (κ1) is 20.9. The highest BCUT2D eigenvalue weighted by atomic mass is 16.6. The quantitative estimate of drug-likeness (QED) is 0.657. The van der Waals surface area contributed by atoms with E-state index < -0.39 is 0 Å². The number of carbonyl (C=O) groups excluding carboxylic acids is 2. The number of fused-ring (bicyclic) bond motifs is 2. The Hall–Kier alpha value is -3.33. The van der Waals surface area contributed by atoms with Crippen molar-refractivity contribution in [3.63, 3.8) is 0 Å². The molecule has 6 heteroatoms. The molecule has 1 amide bonds. The van der Waals surface area contributed by atoms with Gasteiger partial charge < -0.3 is 14.4 Å². The van der Waals surface area contributed by atoms with Crippen LogP contribution < -0.4 is 4.74 Å². The molecule has 160 valence electrons. The lowest BCUT2D eigenvalue weighted by Crippen LogP contribution is -2.55. The summed E-state index contributed by atoms with van der Waals surface area (Å²) in [5.41, 5.74) is 1.92. The molecule has 0 N–H and O–H groups in total. The summed E-state index contributed by atoms with van der Waals surface area (Å²) >= 11 is 0. The molecule has 2 aliphatic rings. The van der Waals surface area contributed by atoms with E-state index in [0.717, 1.165) is 24.8 Å². The van der Waals surface area contributed by atoms with Crippen molar-refractivity contribution < 1.29 is 19.1 Å². The number of nitrogens with zero attached hydrogens (tertiary/aromatic N) is 2. The maximum absolute atomic E-state index is 13.2. The number of methoxy groups -OCH3 is 1. The standard InChI is InChI=1S/C25H26N2O4/c1-30-23-14-18(10-11-19(23)15-26)24(28)20-12-21-8-5-9-22(13-20)27(21)25(29)31-16-17-6-3-2-4-7-17/h2-4,6-7,10-11,14,20-22H,5,8-9,12-13,16H2,1H3. The van der Waals surface area contributed by atoms with Gasteiger partial charge in [-0.05, 0) is 55.9 Å². The van der Waals surface area contributed by atoms with Crippen molar-refractivity contribution in [2.45, 2.75) is 50.8 Å². The number of nitriles is 1. The Labute approximate surface area is 182 Å². The monoisotopic (exact) mass is 418 g/mol. The van der Waals surface area contributed by atoms with Gasteiger partial charge in [0.15, 0.2) is 5.78 Å². The van der Waals surface area contributed by atoms with Crippen molar-refractivity contribution in [1.82, 2.24) is 4.90 Å². The lowest BCUT2D eigenvalue weighted by atomic mass is 9.76. The van der Waals surface area contributed by atoms with Crippen molar-refractivity contribution in [1.29, 1.82) is 5.26 Å². The van der Waals surface area contributed by atoms with Crippen LogP contribution in [0.5, 0.6) is 5.75 Å². The van der Waals surface area contributed by atoms with Crippen molar-refractivity contribution in [2.24, 2.45) is 5.92 Å². The maximum atomic E-state index is 13.2. The van der Waals surface area contributed by atoms with E-state index in [9.17, 15) is 14.9 Å². The number of ketones is 1. The Bertz CT molecular complexity index is 984.